The van der Waals surface area contributed by atoms with Crippen LogP contribution in [0.1, 0.15) is 36.4 Å². The Bertz CT molecular complexity index is 967. The molecule has 158 valence electrons. The summed E-state index contributed by atoms with van der Waals surface area (Å²) in [5, 5.41) is 3.65. The number of aryl methyl sites for hydroxylation is 2. The van der Waals surface area contributed by atoms with E-state index in [4.69, 9.17) is 16.0 Å². The molecule has 1 N–H and O–H groups in total. The second-order valence-corrected chi connectivity index (χ2v) is 7.88. The normalized spacial score (nSPS) is 12.2. The summed E-state index contributed by atoms with van der Waals surface area (Å²) in [7, 11) is 4.04. The highest BCUT2D eigenvalue weighted by atomic mass is 35.5. The molecule has 0 spiro atoms. The standard InChI is InChI=1S/C24H28ClN3O2/c1-4-17-9-11-18(12-10-17)21(28(2)3)15-26-23(29)13-14-24-27-16-22(30-24)19-7-5-6-8-20(19)25/h5-12,16,21H,4,13-15H2,1-3H3,(H,26,29)/t21-/m0/s1. The Kier molecular flexibility index (Phi) is 7.66. The fourth-order valence-corrected chi connectivity index (χ4v) is 3.53. The molecule has 0 fully saturated rings. The molecule has 0 bridgehead atoms. The minimum absolute atomic E-state index is 0.0236. The van der Waals surface area contributed by atoms with Gasteiger partial charge in [0, 0.05) is 24.9 Å². The molecule has 2 aromatic carbocycles. The highest BCUT2D eigenvalue weighted by molar-refractivity contribution is 6.33. The van der Waals surface area contributed by atoms with Gasteiger partial charge in [-0.3, -0.25) is 4.79 Å². The van der Waals surface area contributed by atoms with Gasteiger partial charge in [0.25, 0.3) is 0 Å². The summed E-state index contributed by atoms with van der Waals surface area (Å²) in [6, 6.07) is 16.1. The van der Waals surface area contributed by atoms with Crippen LogP contribution in [0.15, 0.2) is 59.1 Å². The molecule has 0 unspecified atom stereocenters. The van der Waals surface area contributed by atoms with Crippen LogP contribution < -0.4 is 5.32 Å². The van der Waals surface area contributed by atoms with Crippen LogP contribution in [0.4, 0.5) is 0 Å². The summed E-state index contributed by atoms with van der Waals surface area (Å²) in [6.45, 7) is 2.69. The topological polar surface area (TPSA) is 58.4 Å². The van der Waals surface area contributed by atoms with E-state index in [1.807, 2.05) is 38.4 Å². The highest BCUT2D eigenvalue weighted by Gasteiger charge is 2.16. The summed E-state index contributed by atoms with van der Waals surface area (Å²) >= 11 is 6.20. The van der Waals surface area contributed by atoms with E-state index in [2.05, 4.69) is 46.4 Å². The number of oxazole rings is 1. The first-order valence-corrected chi connectivity index (χ1v) is 10.6. The second-order valence-electron chi connectivity index (χ2n) is 7.48. The maximum absolute atomic E-state index is 12.4. The number of amides is 1. The van der Waals surface area contributed by atoms with E-state index in [0.29, 0.717) is 36.1 Å². The van der Waals surface area contributed by atoms with Crippen LogP contribution in [0.3, 0.4) is 0 Å². The lowest BCUT2D eigenvalue weighted by Crippen LogP contribution is -2.34. The Morgan fingerprint density at radius 2 is 1.90 bits per heavy atom. The van der Waals surface area contributed by atoms with Crippen LogP contribution in [0, 0.1) is 0 Å². The summed E-state index contributed by atoms with van der Waals surface area (Å²) in [6.07, 6.45) is 3.42. The molecule has 1 amide bonds. The number of hydrogen-bond acceptors (Lipinski definition) is 4. The Morgan fingerprint density at radius 1 is 1.17 bits per heavy atom. The fraction of sp³-hybridized carbons (Fsp3) is 0.333. The molecule has 0 aliphatic carbocycles. The van der Waals surface area contributed by atoms with Crippen LogP contribution in [-0.4, -0.2) is 36.4 Å². The largest absolute Gasteiger partial charge is 0.441 e. The molecule has 0 aliphatic rings. The maximum atomic E-state index is 12.4. The quantitative estimate of drug-likeness (QED) is 0.529. The second kappa shape index (κ2) is 10.4. The molecular formula is C24H28ClN3O2. The molecule has 6 heteroatoms. The third-order valence-corrected chi connectivity index (χ3v) is 5.48. The summed E-state index contributed by atoms with van der Waals surface area (Å²) < 4.78 is 5.77. The number of aromatic nitrogens is 1. The van der Waals surface area contributed by atoms with Crippen molar-refractivity contribution in [2.24, 2.45) is 0 Å². The van der Waals surface area contributed by atoms with Gasteiger partial charge < -0.3 is 14.6 Å². The lowest BCUT2D eigenvalue weighted by molar-refractivity contribution is -0.121. The zero-order valence-electron chi connectivity index (χ0n) is 17.7. The summed E-state index contributed by atoms with van der Waals surface area (Å²) in [4.78, 5) is 18.8. The molecule has 5 nitrogen and oxygen atoms in total. The molecule has 3 rings (SSSR count). The van der Waals surface area contributed by atoms with E-state index in [-0.39, 0.29) is 11.9 Å². The highest BCUT2D eigenvalue weighted by Crippen LogP contribution is 2.28. The average molecular weight is 426 g/mol. The molecule has 1 heterocycles. The molecular weight excluding hydrogens is 398 g/mol. The number of halogens is 1. The van der Waals surface area contributed by atoms with Crippen LogP contribution >= 0.6 is 11.6 Å². The van der Waals surface area contributed by atoms with E-state index in [0.717, 1.165) is 12.0 Å². The van der Waals surface area contributed by atoms with Crippen molar-refractivity contribution in [3.63, 3.8) is 0 Å². The number of carbonyl (C=O) groups excluding carboxylic acids is 1. The van der Waals surface area contributed by atoms with Crippen molar-refractivity contribution >= 4 is 17.5 Å². The van der Waals surface area contributed by atoms with Crippen LogP contribution in [0.2, 0.25) is 5.02 Å². The molecule has 30 heavy (non-hydrogen) atoms. The first-order chi connectivity index (χ1) is 14.5. The van der Waals surface area contributed by atoms with Crippen molar-refractivity contribution in [1.29, 1.82) is 0 Å². The molecule has 3 aromatic rings. The molecule has 0 aliphatic heterocycles. The van der Waals surface area contributed by atoms with Crippen molar-refractivity contribution in [1.82, 2.24) is 15.2 Å². The van der Waals surface area contributed by atoms with Gasteiger partial charge in [-0.15, -0.1) is 0 Å². The van der Waals surface area contributed by atoms with Crippen LogP contribution in [-0.2, 0) is 17.6 Å². The minimum atomic E-state index is -0.0236. The van der Waals surface area contributed by atoms with E-state index in [1.54, 1.807) is 6.20 Å². The van der Waals surface area contributed by atoms with Gasteiger partial charge in [0.15, 0.2) is 11.7 Å². The first-order valence-electron chi connectivity index (χ1n) is 10.2. The maximum Gasteiger partial charge on any atom is 0.220 e. The van der Waals surface area contributed by atoms with E-state index >= 15 is 0 Å². The predicted octanol–water partition coefficient (Wildman–Crippen LogP) is 4.91. The Morgan fingerprint density at radius 3 is 2.57 bits per heavy atom. The van der Waals surface area contributed by atoms with Gasteiger partial charge in [-0.2, -0.15) is 0 Å². The number of rotatable bonds is 9. The van der Waals surface area contributed by atoms with Crippen LogP contribution in [0.25, 0.3) is 11.3 Å². The zero-order chi connectivity index (χ0) is 21.5. The van der Waals surface area contributed by atoms with Crippen LogP contribution in [0.5, 0.6) is 0 Å². The van der Waals surface area contributed by atoms with Crippen molar-refractivity contribution in [2.45, 2.75) is 32.2 Å². The number of hydrogen-bond donors (Lipinski definition) is 1. The van der Waals surface area contributed by atoms with Gasteiger partial charge in [0.05, 0.1) is 17.3 Å². The Hall–Kier alpha value is -2.63. The Balaban J connectivity index is 1.53. The molecule has 1 atom stereocenters. The zero-order valence-corrected chi connectivity index (χ0v) is 18.4. The van der Waals surface area contributed by atoms with Crippen molar-refractivity contribution in [3.8, 4) is 11.3 Å². The minimum Gasteiger partial charge on any atom is -0.441 e. The fourth-order valence-electron chi connectivity index (χ4n) is 3.30. The van der Waals surface area contributed by atoms with Gasteiger partial charge in [0.2, 0.25) is 5.91 Å². The SMILES string of the molecule is CCc1ccc([C@H](CNC(=O)CCc2ncc(-c3ccccc3Cl)o2)N(C)C)cc1. The van der Waals surface area contributed by atoms with Gasteiger partial charge in [-0.25, -0.2) is 4.98 Å². The number of nitrogens with zero attached hydrogens (tertiary/aromatic N) is 2. The monoisotopic (exact) mass is 425 g/mol. The van der Waals surface area contributed by atoms with Crippen molar-refractivity contribution < 1.29 is 9.21 Å². The van der Waals surface area contributed by atoms with Gasteiger partial charge in [0.1, 0.15) is 0 Å². The summed E-state index contributed by atoms with van der Waals surface area (Å²) in [5.41, 5.74) is 3.29. The molecule has 0 saturated heterocycles. The number of carbonyl (C=O) groups is 1. The number of nitrogens with one attached hydrogen (secondary N) is 1. The Labute approximate surface area is 183 Å². The lowest BCUT2D eigenvalue weighted by atomic mass is 10.0. The first kappa shape index (κ1) is 22.1. The molecule has 1 aromatic heterocycles. The van der Waals surface area contributed by atoms with E-state index in [1.165, 1.54) is 11.1 Å². The lowest BCUT2D eigenvalue weighted by Gasteiger charge is -2.25. The smallest absolute Gasteiger partial charge is 0.220 e. The molecule has 0 saturated carbocycles. The van der Waals surface area contributed by atoms with Gasteiger partial charge >= 0.3 is 0 Å². The summed E-state index contributed by atoms with van der Waals surface area (Å²) in [5.74, 6) is 1.11. The van der Waals surface area contributed by atoms with Crippen molar-refractivity contribution in [2.75, 3.05) is 20.6 Å². The predicted molar refractivity (Wildman–Crippen MR) is 121 cm³/mol. The van der Waals surface area contributed by atoms with E-state index in [9.17, 15) is 4.79 Å². The van der Waals surface area contributed by atoms with Gasteiger partial charge in [-0.05, 0) is 43.8 Å². The number of likely N-dealkylation sites (N-methyl/N-ethyl adjacent to an activating group) is 1. The number of benzene rings is 2. The average Bonchev–Trinajstić information content (AvgIpc) is 3.22. The third-order valence-electron chi connectivity index (χ3n) is 5.15. The molecule has 0 radical (unpaired) electrons. The van der Waals surface area contributed by atoms with E-state index < -0.39 is 0 Å². The van der Waals surface area contributed by atoms with Crippen molar-refractivity contribution in [3.05, 3.63) is 76.8 Å². The van der Waals surface area contributed by atoms with Gasteiger partial charge in [-0.1, -0.05) is 54.9 Å². The third kappa shape index (κ3) is 5.71.